The number of piperazine rings is 1. The van der Waals surface area contributed by atoms with Gasteiger partial charge in [0, 0.05) is 51.3 Å². The fourth-order valence-corrected chi connectivity index (χ4v) is 3.29. The maximum atomic E-state index is 12.4. The Kier molecular flexibility index (Phi) is 6.84. The van der Waals surface area contributed by atoms with E-state index in [1.807, 2.05) is 23.1 Å². The first-order valence-corrected chi connectivity index (χ1v) is 9.69. The minimum absolute atomic E-state index is 0.00123. The molecule has 0 aromatic heterocycles. The van der Waals surface area contributed by atoms with Crippen molar-refractivity contribution in [2.75, 3.05) is 31.1 Å². The molecule has 0 bridgehead atoms. The van der Waals surface area contributed by atoms with E-state index in [0.717, 1.165) is 24.3 Å². The van der Waals surface area contributed by atoms with Gasteiger partial charge in [0.1, 0.15) is 0 Å². The summed E-state index contributed by atoms with van der Waals surface area (Å²) in [6, 6.07) is 16.5. The molecule has 1 saturated heterocycles. The molecule has 1 heterocycles. The van der Waals surface area contributed by atoms with E-state index in [0.29, 0.717) is 19.6 Å². The Labute approximate surface area is 169 Å². The van der Waals surface area contributed by atoms with Crippen LogP contribution in [0.2, 0.25) is 0 Å². The molecule has 0 radical (unpaired) electrons. The number of nitrogens with one attached hydrogen (secondary N) is 1. The number of carbonyl (C=O) groups excluding carboxylic acids is 2. The summed E-state index contributed by atoms with van der Waals surface area (Å²) >= 11 is 0. The van der Waals surface area contributed by atoms with Crippen LogP contribution in [0.25, 0.3) is 0 Å². The van der Waals surface area contributed by atoms with Gasteiger partial charge in [-0.2, -0.15) is 0 Å². The average Bonchev–Trinajstić information content (AvgIpc) is 2.77. The number of benzene rings is 2. The topological polar surface area (TPSA) is 90.0 Å². The van der Waals surface area contributed by atoms with Crippen molar-refractivity contribution in [3.63, 3.8) is 0 Å². The minimum Gasteiger partial charge on any atom is -0.478 e. The van der Waals surface area contributed by atoms with Gasteiger partial charge >= 0.3 is 5.97 Å². The summed E-state index contributed by atoms with van der Waals surface area (Å²) in [6.45, 7) is 3.20. The second kappa shape index (κ2) is 9.73. The standard InChI is InChI=1S/C22H25N3O4/c26-20(23-16-17-6-8-18(9-7-17)22(28)29)10-11-21(27)25-14-12-24(13-15-25)19-4-2-1-3-5-19/h1-9H,10-16H2,(H,23,26)(H,28,29). The molecule has 1 fully saturated rings. The fraction of sp³-hybridized carbons (Fsp3) is 0.318. The molecule has 29 heavy (non-hydrogen) atoms. The van der Waals surface area contributed by atoms with E-state index >= 15 is 0 Å². The van der Waals surface area contributed by atoms with Gasteiger partial charge in [-0.15, -0.1) is 0 Å². The van der Waals surface area contributed by atoms with Crippen LogP contribution in [-0.4, -0.2) is 54.0 Å². The number of hydrogen-bond donors (Lipinski definition) is 2. The predicted octanol–water partition coefficient (Wildman–Crippen LogP) is 2.13. The van der Waals surface area contributed by atoms with Gasteiger partial charge in [0.15, 0.2) is 0 Å². The molecule has 0 saturated carbocycles. The number of carbonyl (C=O) groups is 3. The number of aromatic carboxylic acids is 1. The lowest BCUT2D eigenvalue weighted by Gasteiger charge is -2.36. The van der Waals surface area contributed by atoms with Crippen molar-refractivity contribution in [1.29, 1.82) is 0 Å². The van der Waals surface area contributed by atoms with Crippen LogP contribution in [0.3, 0.4) is 0 Å². The van der Waals surface area contributed by atoms with Gasteiger partial charge in [-0.1, -0.05) is 30.3 Å². The molecule has 7 heteroatoms. The zero-order chi connectivity index (χ0) is 20.6. The first-order valence-electron chi connectivity index (χ1n) is 9.69. The summed E-state index contributed by atoms with van der Waals surface area (Å²) in [5, 5.41) is 11.7. The van der Waals surface area contributed by atoms with Crippen LogP contribution in [0.15, 0.2) is 54.6 Å². The molecule has 0 atom stereocenters. The number of para-hydroxylation sites is 1. The number of amides is 2. The summed E-state index contributed by atoms with van der Waals surface area (Å²) in [4.78, 5) is 39.3. The molecule has 0 spiro atoms. The van der Waals surface area contributed by atoms with Gasteiger partial charge in [-0.25, -0.2) is 4.79 Å². The van der Waals surface area contributed by atoms with Crippen LogP contribution in [0.4, 0.5) is 5.69 Å². The lowest BCUT2D eigenvalue weighted by Crippen LogP contribution is -2.48. The first kappa shape index (κ1) is 20.4. The Bertz CT molecular complexity index is 844. The van der Waals surface area contributed by atoms with Crippen LogP contribution >= 0.6 is 0 Å². The van der Waals surface area contributed by atoms with Crippen molar-refractivity contribution < 1.29 is 19.5 Å². The number of rotatable bonds is 7. The number of hydrogen-bond acceptors (Lipinski definition) is 4. The van der Waals surface area contributed by atoms with E-state index < -0.39 is 5.97 Å². The van der Waals surface area contributed by atoms with E-state index in [9.17, 15) is 14.4 Å². The molecule has 7 nitrogen and oxygen atoms in total. The third-order valence-electron chi connectivity index (χ3n) is 5.01. The van der Waals surface area contributed by atoms with Crippen molar-refractivity contribution in [2.24, 2.45) is 0 Å². The zero-order valence-electron chi connectivity index (χ0n) is 16.2. The van der Waals surface area contributed by atoms with Gasteiger partial charge in [0.25, 0.3) is 0 Å². The molecule has 1 aliphatic rings. The van der Waals surface area contributed by atoms with Crippen molar-refractivity contribution in [1.82, 2.24) is 10.2 Å². The number of anilines is 1. The largest absolute Gasteiger partial charge is 0.478 e. The number of carboxylic acid groups (broad SMARTS) is 1. The van der Waals surface area contributed by atoms with Crippen LogP contribution < -0.4 is 10.2 Å². The summed E-state index contributed by atoms with van der Waals surface area (Å²) in [6.07, 6.45) is 0.333. The van der Waals surface area contributed by atoms with Gasteiger partial charge in [-0.3, -0.25) is 9.59 Å². The molecule has 152 valence electrons. The van der Waals surface area contributed by atoms with Crippen molar-refractivity contribution >= 4 is 23.5 Å². The zero-order valence-corrected chi connectivity index (χ0v) is 16.2. The quantitative estimate of drug-likeness (QED) is 0.750. The van der Waals surface area contributed by atoms with Gasteiger partial charge < -0.3 is 20.2 Å². The van der Waals surface area contributed by atoms with Crippen LogP contribution in [0.1, 0.15) is 28.8 Å². The molecule has 1 aliphatic heterocycles. The Hall–Kier alpha value is -3.35. The van der Waals surface area contributed by atoms with Gasteiger partial charge in [0.2, 0.25) is 11.8 Å². The van der Waals surface area contributed by atoms with Crippen molar-refractivity contribution in [3.05, 3.63) is 65.7 Å². The molecule has 2 aromatic rings. The lowest BCUT2D eigenvalue weighted by molar-refractivity contribution is -0.133. The normalized spacial score (nSPS) is 13.8. The summed E-state index contributed by atoms with van der Waals surface area (Å²) in [7, 11) is 0. The Morgan fingerprint density at radius 3 is 2.14 bits per heavy atom. The third kappa shape index (κ3) is 5.81. The van der Waals surface area contributed by atoms with E-state index in [4.69, 9.17) is 5.11 Å². The number of carboxylic acids is 1. The summed E-state index contributed by atoms with van der Waals surface area (Å²) in [5.74, 6) is -1.18. The molecule has 2 N–H and O–H groups in total. The fourth-order valence-electron chi connectivity index (χ4n) is 3.29. The molecule has 2 aromatic carbocycles. The minimum atomic E-state index is -0.983. The van der Waals surface area contributed by atoms with E-state index in [1.54, 1.807) is 12.1 Å². The number of nitrogens with zero attached hydrogens (tertiary/aromatic N) is 2. The second-order valence-corrected chi connectivity index (χ2v) is 6.98. The third-order valence-corrected chi connectivity index (χ3v) is 5.01. The lowest BCUT2D eigenvalue weighted by atomic mass is 10.1. The molecule has 3 rings (SSSR count). The Morgan fingerprint density at radius 2 is 1.52 bits per heavy atom. The highest BCUT2D eigenvalue weighted by molar-refractivity contribution is 5.87. The Morgan fingerprint density at radius 1 is 0.862 bits per heavy atom. The SMILES string of the molecule is O=C(CCC(=O)N1CCN(c2ccccc2)CC1)NCc1ccc(C(=O)O)cc1. The Balaban J connectivity index is 1.37. The smallest absolute Gasteiger partial charge is 0.335 e. The van der Waals surface area contributed by atoms with Crippen LogP contribution in [-0.2, 0) is 16.1 Å². The highest BCUT2D eigenvalue weighted by atomic mass is 16.4. The predicted molar refractivity (Wildman–Crippen MR) is 110 cm³/mol. The van der Waals surface area contributed by atoms with E-state index in [-0.39, 0.29) is 30.2 Å². The second-order valence-electron chi connectivity index (χ2n) is 6.98. The molecule has 0 aliphatic carbocycles. The maximum Gasteiger partial charge on any atom is 0.335 e. The molecular weight excluding hydrogens is 370 g/mol. The van der Waals surface area contributed by atoms with Gasteiger partial charge in [-0.05, 0) is 29.8 Å². The van der Waals surface area contributed by atoms with E-state index in [1.165, 1.54) is 12.1 Å². The average molecular weight is 395 g/mol. The molecule has 0 unspecified atom stereocenters. The molecular formula is C22H25N3O4. The van der Waals surface area contributed by atoms with Crippen molar-refractivity contribution in [2.45, 2.75) is 19.4 Å². The van der Waals surface area contributed by atoms with E-state index in [2.05, 4.69) is 22.3 Å². The van der Waals surface area contributed by atoms with Crippen molar-refractivity contribution in [3.8, 4) is 0 Å². The summed E-state index contributed by atoms with van der Waals surface area (Å²) in [5.41, 5.74) is 2.18. The molecule has 2 amide bonds. The summed E-state index contributed by atoms with van der Waals surface area (Å²) < 4.78 is 0. The highest BCUT2D eigenvalue weighted by Gasteiger charge is 2.21. The van der Waals surface area contributed by atoms with Crippen LogP contribution in [0.5, 0.6) is 0 Å². The van der Waals surface area contributed by atoms with Crippen LogP contribution in [0, 0.1) is 0 Å². The van der Waals surface area contributed by atoms with Gasteiger partial charge in [0.05, 0.1) is 5.56 Å². The highest BCUT2D eigenvalue weighted by Crippen LogP contribution is 2.16. The maximum absolute atomic E-state index is 12.4. The monoisotopic (exact) mass is 395 g/mol. The first-order chi connectivity index (χ1) is 14.0.